The van der Waals surface area contributed by atoms with Gasteiger partial charge in [0.15, 0.2) is 0 Å². The Labute approximate surface area is 126 Å². The van der Waals surface area contributed by atoms with Crippen LogP contribution in [0.25, 0.3) is 0 Å². The Bertz CT molecular complexity index is 763. The summed E-state index contributed by atoms with van der Waals surface area (Å²) in [4.78, 5) is 9.73. The fourth-order valence-corrected chi connectivity index (χ4v) is 3.20. The average Bonchev–Trinajstić information content (AvgIpc) is 2.46. The molecule has 21 heavy (non-hydrogen) atoms. The van der Waals surface area contributed by atoms with Crippen molar-refractivity contribution in [1.82, 2.24) is 4.72 Å². The highest BCUT2D eigenvalue weighted by molar-refractivity contribution is 7.89. The summed E-state index contributed by atoms with van der Waals surface area (Å²) in [6, 6.07) is 12.2. The molecule has 1 N–H and O–H groups in total. The Hall–Kier alpha value is -1.96. The molecular weight excluding hydrogens is 316 g/mol. The number of benzene rings is 2. The number of nitro groups is 1. The summed E-state index contributed by atoms with van der Waals surface area (Å²) in [6.07, 6.45) is 0. The van der Waals surface area contributed by atoms with Crippen LogP contribution >= 0.6 is 11.6 Å². The summed E-state index contributed by atoms with van der Waals surface area (Å²) in [5.41, 5.74) is 0.433. The van der Waals surface area contributed by atoms with Crippen molar-refractivity contribution in [3.63, 3.8) is 0 Å². The van der Waals surface area contributed by atoms with E-state index in [1.807, 2.05) is 6.07 Å². The molecule has 0 spiro atoms. The van der Waals surface area contributed by atoms with E-state index in [1.54, 1.807) is 24.3 Å². The largest absolute Gasteiger partial charge is 0.270 e. The van der Waals surface area contributed by atoms with Crippen LogP contribution in [-0.4, -0.2) is 13.3 Å². The van der Waals surface area contributed by atoms with Crippen molar-refractivity contribution in [2.75, 3.05) is 0 Å². The van der Waals surface area contributed by atoms with E-state index in [2.05, 4.69) is 4.72 Å². The molecule has 0 aliphatic carbocycles. The minimum absolute atomic E-state index is 0.0684. The van der Waals surface area contributed by atoms with Gasteiger partial charge < -0.3 is 0 Å². The molecule has 0 saturated carbocycles. The first-order valence-electron chi connectivity index (χ1n) is 5.88. The van der Waals surface area contributed by atoms with Crippen LogP contribution in [0.3, 0.4) is 0 Å². The molecule has 0 amide bonds. The normalized spacial score (nSPS) is 11.3. The predicted molar refractivity (Wildman–Crippen MR) is 78.6 cm³/mol. The van der Waals surface area contributed by atoms with Gasteiger partial charge in [-0.05, 0) is 11.6 Å². The van der Waals surface area contributed by atoms with E-state index in [-0.39, 0.29) is 22.2 Å². The van der Waals surface area contributed by atoms with Crippen molar-refractivity contribution in [1.29, 1.82) is 0 Å². The van der Waals surface area contributed by atoms with Crippen LogP contribution in [0.2, 0.25) is 5.02 Å². The van der Waals surface area contributed by atoms with Gasteiger partial charge in [0.05, 0.1) is 9.95 Å². The number of nitro benzene ring substituents is 1. The molecule has 0 aromatic heterocycles. The number of hydrogen-bond donors (Lipinski definition) is 1. The molecule has 110 valence electrons. The Morgan fingerprint density at radius 1 is 1.14 bits per heavy atom. The van der Waals surface area contributed by atoms with Gasteiger partial charge in [-0.1, -0.05) is 41.9 Å². The van der Waals surface area contributed by atoms with Gasteiger partial charge in [-0.3, -0.25) is 10.1 Å². The first kappa shape index (κ1) is 15.4. The zero-order chi connectivity index (χ0) is 15.5. The number of halogens is 1. The van der Waals surface area contributed by atoms with Gasteiger partial charge in [0.2, 0.25) is 10.0 Å². The zero-order valence-corrected chi connectivity index (χ0v) is 12.3. The highest BCUT2D eigenvalue weighted by atomic mass is 35.5. The van der Waals surface area contributed by atoms with Crippen LogP contribution in [0, 0.1) is 10.1 Å². The maximum Gasteiger partial charge on any atom is 0.270 e. The predicted octanol–water partition coefficient (Wildman–Crippen LogP) is 2.73. The second kappa shape index (κ2) is 6.21. The standard InChI is InChI=1S/C13H11ClN2O4S/c14-12-7-6-11(16(17)18)8-13(12)21(19,20)15-9-10-4-2-1-3-5-10/h1-8,15H,9H2. The van der Waals surface area contributed by atoms with Crippen molar-refractivity contribution in [2.24, 2.45) is 0 Å². The summed E-state index contributed by atoms with van der Waals surface area (Å²) in [6.45, 7) is 0.0716. The number of nitrogens with zero attached hydrogens (tertiary/aromatic N) is 1. The number of nitrogens with one attached hydrogen (secondary N) is 1. The zero-order valence-electron chi connectivity index (χ0n) is 10.7. The minimum Gasteiger partial charge on any atom is -0.258 e. The van der Waals surface area contributed by atoms with Gasteiger partial charge in [-0.2, -0.15) is 0 Å². The monoisotopic (exact) mass is 326 g/mol. The molecule has 2 aromatic carbocycles. The van der Waals surface area contributed by atoms with Crippen LogP contribution in [-0.2, 0) is 16.6 Å². The molecule has 8 heteroatoms. The van der Waals surface area contributed by atoms with Crippen molar-refractivity contribution in [2.45, 2.75) is 11.4 Å². The molecule has 0 bridgehead atoms. The first-order valence-corrected chi connectivity index (χ1v) is 7.74. The molecule has 6 nitrogen and oxygen atoms in total. The molecule has 0 aliphatic rings. The van der Waals surface area contributed by atoms with Gasteiger partial charge in [0.1, 0.15) is 4.90 Å². The molecule has 0 fully saturated rings. The van der Waals surface area contributed by atoms with Crippen molar-refractivity contribution in [3.05, 3.63) is 69.2 Å². The lowest BCUT2D eigenvalue weighted by atomic mass is 10.2. The van der Waals surface area contributed by atoms with Crippen molar-refractivity contribution >= 4 is 27.3 Å². The second-order valence-corrected chi connectivity index (χ2v) is 6.32. The summed E-state index contributed by atoms with van der Waals surface area (Å²) < 4.78 is 26.7. The fraction of sp³-hybridized carbons (Fsp3) is 0.0769. The Morgan fingerprint density at radius 3 is 2.43 bits per heavy atom. The minimum atomic E-state index is -3.93. The van der Waals surface area contributed by atoms with E-state index in [0.29, 0.717) is 0 Å². The van der Waals surface area contributed by atoms with Gasteiger partial charge in [-0.25, -0.2) is 13.1 Å². The molecule has 0 unspecified atom stereocenters. The van der Waals surface area contributed by atoms with E-state index in [0.717, 1.165) is 17.7 Å². The smallest absolute Gasteiger partial charge is 0.258 e. The number of rotatable bonds is 5. The fourth-order valence-electron chi connectivity index (χ4n) is 1.66. The van der Waals surface area contributed by atoms with Gasteiger partial charge in [0, 0.05) is 18.7 Å². The summed E-state index contributed by atoms with van der Waals surface area (Å²) in [7, 11) is -3.93. The Balaban J connectivity index is 2.27. The van der Waals surface area contributed by atoms with Crippen LogP contribution in [0.4, 0.5) is 5.69 Å². The second-order valence-electron chi connectivity index (χ2n) is 4.18. The first-order chi connectivity index (χ1) is 9.90. The lowest BCUT2D eigenvalue weighted by Crippen LogP contribution is -2.23. The third kappa shape index (κ3) is 3.78. The summed E-state index contributed by atoms with van der Waals surface area (Å²) in [5, 5.41) is 10.6. The third-order valence-electron chi connectivity index (χ3n) is 2.72. The van der Waals surface area contributed by atoms with Crippen LogP contribution in [0.5, 0.6) is 0 Å². The maximum absolute atomic E-state index is 12.2. The number of hydrogen-bond acceptors (Lipinski definition) is 4. The average molecular weight is 327 g/mol. The van der Waals surface area contributed by atoms with Gasteiger partial charge >= 0.3 is 0 Å². The van der Waals surface area contributed by atoms with E-state index < -0.39 is 14.9 Å². The van der Waals surface area contributed by atoms with Gasteiger partial charge in [0.25, 0.3) is 5.69 Å². The SMILES string of the molecule is O=[N+]([O-])c1ccc(Cl)c(S(=O)(=O)NCc2ccccc2)c1. The third-order valence-corrected chi connectivity index (χ3v) is 4.61. The molecule has 2 aromatic rings. The lowest BCUT2D eigenvalue weighted by molar-refractivity contribution is -0.385. The topological polar surface area (TPSA) is 89.3 Å². The maximum atomic E-state index is 12.2. The number of sulfonamides is 1. The Morgan fingerprint density at radius 2 is 1.81 bits per heavy atom. The highest BCUT2D eigenvalue weighted by Crippen LogP contribution is 2.26. The van der Waals surface area contributed by atoms with Gasteiger partial charge in [-0.15, -0.1) is 0 Å². The molecule has 2 rings (SSSR count). The molecule has 0 heterocycles. The lowest BCUT2D eigenvalue weighted by Gasteiger charge is -2.08. The van der Waals surface area contributed by atoms with Crippen molar-refractivity contribution < 1.29 is 13.3 Å². The highest BCUT2D eigenvalue weighted by Gasteiger charge is 2.21. The number of non-ortho nitro benzene ring substituents is 1. The molecular formula is C13H11ClN2O4S. The van der Waals surface area contributed by atoms with E-state index in [4.69, 9.17) is 11.6 Å². The van der Waals surface area contributed by atoms with E-state index >= 15 is 0 Å². The van der Waals surface area contributed by atoms with Crippen LogP contribution in [0.1, 0.15) is 5.56 Å². The molecule has 0 atom stereocenters. The molecule has 0 saturated heterocycles. The summed E-state index contributed by atoms with van der Waals surface area (Å²) in [5.74, 6) is 0. The van der Waals surface area contributed by atoms with E-state index in [9.17, 15) is 18.5 Å². The van der Waals surface area contributed by atoms with Crippen LogP contribution < -0.4 is 4.72 Å². The quantitative estimate of drug-likeness (QED) is 0.675. The Kier molecular flexibility index (Phi) is 4.56. The molecule has 0 radical (unpaired) electrons. The van der Waals surface area contributed by atoms with E-state index in [1.165, 1.54) is 6.07 Å². The summed E-state index contributed by atoms with van der Waals surface area (Å²) >= 11 is 5.83. The van der Waals surface area contributed by atoms with Crippen molar-refractivity contribution in [3.8, 4) is 0 Å². The molecule has 0 aliphatic heterocycles. The van der Waals surface area contributed by atoms with Crippen LogP contribution in [0.15, 0.2) is 53.4 Å².